The minimum Gasteiger partial charge on any atom is -0.460 e. The van der Waals surface area contributed by atoms with Gasteiger partial charge in [0.05, 0.1) is 39.2 Å². The molecule has 0 spiro atoms. The van der Waals surface area contributed by atoms with Crippen molar-refractivity contribution in [1.82, 2.24) is 4.90 Å². The van der Waals surface area contributed by atoms with Crippen LogP contribution in [0.3, 0.4) is 0 Å². The number of aliphatic imine (C=N–C) groups is 1. The maximum atomic E-state index is 13.0. The lowest BCUT2D eigenvalue weighted by atomic mass is 9.94. The Hall–Kier alpha value is -1.54. The second-order valence-electron chi connectivity index (χ2n) is 6.32. The lowest BCUT2D eigenvalue weighted by Crippen LogP contribution is -2.41. The van der Waals surface area contributed by atoms with Crippen LogP contribution in [0.4, 0.5) is 0 Å². The van der Waals surface area contributed by atoms with Crippen molar-refractivity contribution in [2.24, 2.45) is 4.99 Å². The fraction of sp³-hybridized carbons (Fsp3) is 0.421. The van der Waals surface area contributed by atoms with E-state index in [0.29, 0.717) is 38.5 Å². The molecule has 1 aromatic rings. The summed E-state index contributed by atoms with van der Waals surface area (Å²) in [6.07, 6.45) is 0.666. The largest absolute Gasteiger partial charge is 0.460 e. The monoisotopic (exact) mass is 442 g/mol. The molecule has 1 amide bonds. The lowest BCUT2D eigenvalue weighted by Gasteiger charge is -2.33. The van der Waals surface area contributed by atoms with Crippen LogP contribution < -0.4 is 0 Å². The number of halogens is 2. The van der Waals surface area contributed by atoms with Gasteiger partial charge >= 0.3 is 5.97 Å². The number of allylic oxidation sites excluding steroid dienone is 1. The Kier molecular flexibility index (Phi) is 6.70. The number of esters is 1. The van der Waals surface area contributed by atoms with Crippen LogP contribution in [0.5, 0.6) is 0 Å². The number of methoxy groups -OCH3 is 1. The second-order valence-corrected chi connectivity index (χ2v) is 8.31. The highest BCUT2D eigenvalue weighted by Gasteiger charge is 2.47. The number of ether oxygens (including phenoxy) is 2. The van der Waals surface area contributed by atoms with Crippen molar-refractivity contribution in [3.8, 4) is 0 Å². The van der Waals surface area contributed by atoms with Gasteiger partial charge in [-0.05, 0) is 31.0 Å². The lowest BCUT2D eigenvalue weighted by molar-refractivity contribution is -0.141. The highest BCUT2D eigenvalue weighted by molar-refractivity contribution is 8.15. The highest BCUT2D eigenvalue weighted by Crippen LogP contribution is 2.44. The SMILES string of the molecule is CC[C@H]1SC2=NC(C)=C(C(=O)OCCOC)[C@H](c3ccc(Cl)c(Cl)c3)N2C1=O. The molecule has 2 aliphatic rings. The van der Waals surface area contributed by atoms with Gasteiger partial charge in [0.25, 0.3) is 0 Å². The molecule has 0 unspecified atom stereocenters. The van der Waals surface area contributed by atoms with Crippen molar-refractivity contribution < 1.29 is 19.1 Å². The van der Waals surface area contributed by atoms with Crippen LogP contribution in [0.15, 0.2) is 34.5 Å². The number of rotatable bonds is 6. The summed E-state index contributed by atoms with van der Waals surface area (Å²) < 4.78 is 10.3. The van der Waals surface area contributed by atoms with E-state index < -0.39 is 12.0 Å². The molecule has 0 bridgehead atoms. The average Bonchev–Trinajstić information content (AvgIpc) is 2.98. The van der Waals surface area contributed by atoms with Crippen LogP contribution in [0, 0.1) is 0 Å². The van der Waals surface area contributed by atoms with Gasteiger partial charge in [-0.25, -0.2) is 9.79 Å². The molecule has 2 heterocycles. The predicted molar refractivity (Wildman–Crippen MR) is 111 cm³/mol. The zero-order chi connectivity index (χ0) is 20.4. The second kappa shape index (κ2) is 8.86. The van der Waals surface area contributed by atoms with Gasteiger partial charge in [-0.1, -0.05) is 48.0 Å². The molecule has 1 aromatic carbocycles. The van der Waals surface area contributed by atoms with Crippen LogP contribution in [0.25, 0.3) is 0 Å². The molecule has 1 fully saturated rings. The Balaban J connectivity index is 2.07. The standard InChI is InChI=1S/C19H20Cl2N2O4S/c1-4-14-17(24)23-16(11-5-6-12(20)13(21)9-11)15(10(2)22-19(23)28-14)18(25)27-8-7-26-3/h5-6,9,14,16H,4,7-8H2,1-3H3/t14-,16+/m1/s1. The molecule has 0 aliphatic carbocycles. The molecule has 2 atom stereocenters. The summed E-state index contributed by atoms with van der Waals surface area (Å²) in [4.78, 5) is 31.9. The molecule has 3 rings (SSSR count). The maximum Gasteiger partial charge on any atom is 0.338 e. The number of carbonyl (C=O) groups excluding carboxylic acids is 2. The summed E-state index contributed by atoms with van der Waals surface area (Å²) in [7, 11) is 1.53. The predicted octanol–water partition coefficient (Wildman–Crippen LogP) is 4.22. The molecular formula is C19H20Cl2N2O4S. The third kappa shape index (κ3) is 3.94. The van der Waals surface area contributed by atoms with Crippen molar-refractivity contribution in [3.63, 3.8) is 0 Å². The summed E-state index contributed by atoms with van der Waals surface area (Å²) in [5.41, 5.74) is 1.50. The molecule has 0 aromatic heterocycles. The number of thioether (sulfide) groups is 1. The zero-order valence-electron chi connectivity index (χ0n) is 15.7. The molecule has 150 valence electrons. The summed E-state index contributed by atoms with van der Waals surface area (Å²) >= 11 is 13.7. The zero-order valence-corrected chi connectivity index (χ0v) is 18.0. The number of benzene rings is 1. The Bertz CT molecular complexity index is 871. The fourth-order valence-electron chi connectivity index (χ4n) is 3.14. The maximum absolute atomic E-state index is 13.0. The minimum atomic E-state index is -0.672. The number of amides is 1. The first kappa shape index (κ1) is 21.2. The van der Waals surface area contributed by atoms with Crippen LogP contribution in [-0.2, 0) is 19.1 Å². The molecule has 1 saturated heterocycles. The third-order valence-electron chi connectivity index (χ3n) is 4.52. The Labute approximate surface area is 177 Å². The number of carbonyl (C=O) groups is 2. The molecule has 6 nitrogen and oxygen atoms in total. The average molecular weight is 443 g/mol. The summed E-state index contributed by atoms with van der Waals surface area (Å²) in [6.45, 7) is 4.08. The van der Waals surface area contributed by atoms with Gasteiger partial charge in [0.15, 0.2) is 5.17 Å². The van der Waals surface area contributed by atoms with Gasteiger partial charge in [0.1, 0.15) is 6.61 Å². The highest BCUT2D eigenvalue weighted by atomic mass is 35.5. The van der Waals surface area contributed by atoms with E-state index in [-0.39, 0.29) is 24.4 Å². The van der Waals surface area contributed by atoms with Crippen LogP contribution >= 0.6 is 35.0 Å². The molecule has 0 radical (unpaired) electrons. The van der Waals surface area contributed by atoms with Crippen LogP contribution in [0.1, 0.15) is 31.9 Å². The first-order valence-corrected chi connectivity index (χ1v) is 10.4. The smallest absolute Gasteiger partial charge is 0.338 e. The molecule has 0 N–H and O–H groups in total. The Morgan fingerprint density at radius 2 is 2.04 bits per heavy atom. The van der Waals surface area contributed by atoms with E-state index in [0.717, 1.165) is 0 Å². The van der Waals surface area contributed by atoms with Gasteiger partial charge in [0, 0.05) is 7.11 Å². The molecule has 9 heteroatoms. The first-order chi connectivity index (χ1) is 13.4. The number of hydrogen-bond acceptors (Lipinski definition) is 6. The fourth-order valence-corrected chi connectivity index (χ4v) is 4.58. The van der Waals surface area contributed by atoms with E-state index in [1.807, 2.05) is 6.92 Å². The molecule has 28 heavy (non-hydrogen) atoms. The van der Waals surface area contributed by atoms with Crippen LogP contribution in [-0.4, -0.2) is 47.5 Å². The summed E-state index contributed by atoms with van der Waals surface area (Å²) in [6, 6.07) is 4.41. The number of amidine groups is 1. The Morgan fingerprint density at radius 3 is 2.68 bits per heavy atom. The summed E-state index contributed by atoms with van der Waals surface area (Å²) in [5.74, 6) is -0.622. The van der Waals surface area contributed by atoms with Gasteiger partial charge in [-0.15, -0.1) is 0 Å². The van der Waals surface area contributed by atoms with E-state index in [2.05, 4.69) is 4.99 Å². The van der Waals surface area contributed by atoms with Crippen molar-refractivity contribution in [3.05, 3.63) is 45.1 Å². The molecule has 0 saturated carbocycles. The van der Waals surface area contributed by atoms with E-state index in [4.69, 9.17) is 32.7 Å². The number of hydrogen-bond donors (Lipinski definition) is 0. The van der Waals surface area contributed by atoms with E-state index in [9.17, 15) is 9.59 Å². The van der Waals surface area contributed by atoms with Gasteiger partial charge in [-0.3, -0.25) is 9.69 Å². The first-order valence-electron chi connectivity index (χ1n) is 8.79. The van der Waals surface area contributed by atoms with Gasteiger partial charge in [0.2, 0.25) is 5.91 Å². The molecular weight excluding hydrogens is 423 g/mol. The van der Waals surface area contributed by atoms with Gasteiger partial charge in [-0.2, -0.15) is 0 Å². The molecule has 2 aliphatic heterocycles. The summed E-state index contributed by atoms with van der Waals surface area (Å²) in [5, 5.41) is 1.09. The topological polar surface area (TPSA) is 68.2 Å². The van der Waals surface area contributed by atoms with Crippen molar-refractivity contribution >= 4 is 52.0 Å². The third-order valence-corrected chi connectivity index (χ3v) is 6.58. The quantitative estimate of drug-likeness (QED) is 0.487. The van der Waals surface area contributed by atoms with Gasteiger partial charge < -0.3 is 9.47 Å². The Morgan fingerprint density at radius 1 is 1.29 bits per heavy atom. The van der Waals surface area contributed by atoms with E-state index in [1.54, 1.807) is 30.0 Å². The van der Waals surface area contributed by atoms with E-state index >= 15 is 0 Å². The van der Waals surface area contributed by atoms with Crippen LogP contribution in [0.2, 0.25) is 10.0 Å². The van der Waals surface area contributed by atoms with Crippen molar-refractivity contribution in [2.45, 2.75) is 31.6 Å². The normalized spacial score (nSPS) is 21.7. The number of fused-ring (bicyclic) bond motifs is 1. The number of nitrogens with zero attached hydrogens (tertiary/aromatic N) is 2. The van der Waals surface area contributed by atoms with E-state index in [1.165, 1.54) is 18.9 Å². The van der Waals surface area contributed by atoms with Crippen molar-refractivity contribution in [2.75, 3.05) is 20.3 Å². The minimum absolute atomic E-state index is 0.0861. The van der Waals surface area contributed by atoms with Crippen molar-refractivity contribution in [1.29, 1.82) is 0 Å².